The lowest BCUT2D eigenvalue weighted by Crippen LogP contribution is -2.10. The van der Waals surface area contributed by atoms with Gasteiger partial charge in [-0.25, -0.2) is 0 Å². The zero-order chi connectivity index (χ0) is 23.2. The van der Waals surface area contributed by atoms with E-state index in [-0.39, 0.29) is 15.6 Å². The van der Waals surface area contributed by atoms with E-state index in [2.05, 4.69) is 0 Å². The van der Waals surface area contributed by atoms with Gasteiger partial charge in [-0.15, -0.1) is 0 Å². The van der Waals surface area contributed by atoms with Gasteiger partial charge >= 0.3 is 6.18 Å². The molecule has 4 aromatic rings. The van der Waals surface area contributed by atoms with Crippen LogP contribution in [0.2, 0.25) is 10.0 Å². The lowest BCUT2D eigenvalue weighted by Gasteiger charge is -2.19. The Bertz CT molecular complexity index is 1300. The van der Waals surface area contributed by atoms with Crippen molar-refractivity contribution in [2.45, 2.75) is 19.2 Å². The fraction of sp³-hybridized carbons (Fsp3) is 0.167. The van der Waals surface area contributed by atoms with Crippen LogP contribution >= 0.6 is 23.2 Å². The van der Waals surface area contributed by atoms with Gasteiger partial charge < -0.3 is 14.4 Å². The summed E-state index contributed by atoms with van der Waals surface area (Å²) in [6.07, 6.45) is -5.84. The summed E-state index contributed by atoms with van der Waals surface area (Å²) in [4.78, 5) is 0. The minimum Gasteiger partial charge on any atom is -0.495 e. The van der Waals surface area contributed by atoms with Crippen molar-refractivity contribution in [3.8, 4) is 11.4 Å². The summed E-state index contributed by atoms with van der Waals surface area (Å²) in [6, 6.07) is 15.8. The van der Waals surface area contributed by atoms with Gasteiger partial charge in [0.05, 0.1) is 28.9 Å². The average Bonchev–Trinajstić information content (AvgIpc) is 3.14. The Labute approximate surface area is 192 Å². The van der Waals surface area contributed by atoms with Gasteiger partial charge in [0.25, 0.3) is 0 Å². The van der Waals surface area contributed by atoms with Crippen LogP contribution in [0.15, 0.2) is 60.7 Å². The standard InChI is InChI=1S/C24H18Cl2F3NO2/c1-13-10-14(24(27,28)29)11-18-16(13)12-19(30(18)15-6-4-3-5-7-15)23(31)21-17(25)8-9-20(32-2)22(21)26/h3-12,23,31H,1-2H3. The number of halogens is 5. The number of para-hydroxylation sites is 1. The van der Waals surface area contributed by atoms with Crippen LogP contribution in [0.1, 0.15) is 28.5 Å². The Morgan fingerprint density at radius 3 is 2.31 bits per heavy atom. The summed E-state index contributed by atoms with van der Waals surface area (Å²) in [7, 11) is 1.44. The molecule has 0 fully saturated rings. The molecule has 1 heterocycles. The number of alkyl halides is 3. The molecule has 4 rings (SSSR count). The van der Waals surface area contributed by atoms with Crippen LogP contribution in [0.3, 0.4) is 0 Å². The lowest BCUT2D eigenvalue weighted by molar-refractivity contribution is -0.137. The van der Waals surface area contributed by atoms with E-state index in [0.29, 0.717) is 33.6 Å². The molecular formula is C24H18Cl2F3NO2. The van der Waals surface area contributed by atoms with Gasteiger partial charge in [-0.1, -0.05) is 41.4 Å². The van der Waals surface area contributed by atoms with Crippen molar-refractivity contribution in [1.29, 1.82) is 0 Å². The Morgan fingerprint density at radius 2 is 1.69 bits per heavy atom. The van der Waals surface area contributed by atoms with Crippen molar-refractivity contribution in [3.05, 3.63) is 93.1 Å². The molecule has 0 aliphatic heterocycles. The molecule has 0 amide bonds. The van der Waals surface area contributed by atoms with E-state index in [1.807, 2.05) is 0 Å². The van der Waals surface area contributed by atoms with E-state index >= 15 is 0 Å². The number of hydrogen-bond acceptors (Lipinski definition) is 2. The van der Waals surface area contributed by atoms with Gasteiger partial charge in [-0.2, -0.15) is 13.2 Å². The molecule has 32 heavy (non-hydrogen) atoms. The molecule has 166 valence electrons. The second-order valence-corrected chi connectivity index (χ2v) is 8.13. The number of hydrogen-bond donors (Lipinski definition) is 1. The molecule has 0 saturated heterocycles. The van der Waals surface area contributed by atoms with Crippen LogP contribution < -0.4 is 4.74 Å². The predicted octanol–water partition coefficient (Wildman–Crippen LogP) is 7.35. The summed E-state index contributed by atoms with van der Waals surface area (Å²) in [5.41, 5.74) is 1.10. The molecule has 1 atom stereocenters. The van der Waals surface area contributed by atoms with Crippen molar-refractivity contribution < 1.29 is 23.0 Å². The average molecular weight is 480 g/mol. The normalized spacial score (nSPS) is 12.9. The monoisotopic (exact) mass is 479 g/mol. The van der Waals surface area contributed by atoms with Crippen LogP contribution in [0.4, 0.5) is 13.2 Å². The summed E-state index contributed by atoms with van der Waals surface area (Å²) in [5, 5.41) is 12.3. The van der Waals surface area contributed by atoms with Crippen LogP contribution in [-0.4, -0.2) is 16.8 Å². The maximum absolute atomic E-state index is 13.5. The zero-order valence-corrected chi connectivity index (χ0v) is 18.6. The first-order valence-corrected chi connectivity index (χ1v) is 10.4. The summed E-state index contributed by atoms with van der Waals surface area (Å²) in [6.45, 7) is 1.61. The van der Waals surface area contributed by atoms with E-state index < -0.39 is 17.8 Å². The molecule has 1 aromatic heterocycles. The van der Waals surface area contributed by atoms with Crippen molar-refractivity contribution >= 4 is 34.1 Å². The van der Waals surface area contributed by atoms with Crippen LogP contribution in [0.25, 0.3) is 16.6 Å². The third kappa shape index (κ3) is 3.83. The highest BCUT2D eigenvalue weighted by molar-refractivity contribution is 6.37. The topological polar surface area (TPSA) is 34.4 Å². The molecule has 3 nitrogen and oxygen atoms in total. The van der Waals surface area contributed by atoms with Crippen molar-refractivity contribution in [2.24, 2.45) is 0 Å². The van der Waals surface area contributed by atoms with Crippen molar-refractivity contribution in [2.75, 3.05) is 7.11 Å². The molecular weight excluding hydrogens is 462 g/mol. The van der Waals surface area contributed by atoms with E-state index in [0.717, 1.165) is 12.1 Å². The van der Waals surface area contributed by atoms with E-state index in [1.165, 1.54) is 7.11 Å². The highest BCUT2D eigenvalue weighted by Gasteiger charge is 2.32. The molecule has 3 aromatic carbocycles. The molecule has 0 aliphatic carbocycles. The molecule has 0 bridgehead atoms. The van der Waals surface area contributed by atoms with E-state index in [9.17, 15) is 18.3 Å². The molecule has 0 radical (unpaired) electrons. The quantitative estimate of drug-likeness (QED) is 0.331. The summed E-state index contributed by atoms with van der Waals surface area (Å²) >= 11 is 12.8. The van der Waals surface area contributed by atoms with Gasteiger partial charge in [0.15, 0.2) is 0 Å². The molecule has 0 saturated carbocycles. The SMILES string of the molecule is COc1ccc(Cl)c(C(O)c2cc3c(C)cc(C(F)(F)F)cc3n2-c2ccccc2)c1Cl. The minimum atomic E-state index is -4.51. The maximum atomic E-state index is 13.5. The van der Waals surface area contributed by atoms with Gasteiger partial charge in [0.1, 0.15) is 11.9 Å². The van der Waals surface area contributed by atoms with Crippen LogP contribution in [-0.2, 0) is 6.18 Å². The van der Waals surface area contributed by atoms with Crippen LogP contribution in [0.5, 0.6) is 5.75 Å². The first kappa shape index (κ1) is 22.5. The number of ether oxygens (including phenoxy) is 1. The summed E-state index contributed by atoms with van der Waals surface area (Å²) < 4.78 is 47.5. The maximum Gasteiger partial charge on any atom is 0.416 e. The van der Waals surface area contributed by atoms with E-state index in [1.54, 1.807) is 60.0 Å². The highest BCUT2D eigenvalue weighted by Crippen LogP contribution is 2.42. The lowest BCUT2D eigenvalue weighted by atomic mass is 10.0. The van der Waals surface area contributed by atoms with Crippen molar-refractivity contribution in [1.82, 2.24) is 4.57 Å². The van der Waals surface area contributed by atoms with E-state index in [4.69, 9.17) is 27.9 Å². The Hall–Kier alpha value is -2.67. The largest absolute Gasteiger partial charge is 0.495 e. The number of rotatable bonds is 4. The van der Waals surface area contributed by atoms with Gasteiger partial charge in [0.2, 0.25) is 0 Å². The second-order valence-electron chi connectivity index (χ2n) is 7.34. The zero-order valence-electron chi connectivity index (χ0n) is 17.0. The number of aliphatic hydroxyl groups is 1. The molecule has 0 spiro atoms. The number of benzene rings is 3. The predicted molar refractivity (Wildman–Crippen MR) is 120 cm³/mol. The second kappa shape index (κ2) is 8.35. The number of aryl methyl sites for hydroxylation is 1. The third-order valence-corrected chi connectivity index (χ3v) is 6.08. The number of fused-ring (bicyclic) bond motifs is 1. The number of aromatic nitrogens is 1. The third-order valence-electron chi connectivity index (χ3n) is 5.36. The molecule has 1 unspecified atom stereocenters. The van der Waals surface area contributed by atoms with Crippen LogP contribution in [0, 0.1) is 6.92 Å². The highest BCUT2D eigenvalue weighted by atomic mass is 35.5. The van der Waals surface area contributed by atoms with Crippen molar-refractivity contribution in [3.63, 3.8) is 0 Å². The Balaban J connectivity index is 2.05. The number of aliphatic hydroxyl groups excluding tert-OH is 1. The number of methoxy groups -OCH3 is 1. The van der Waals surface area contributed by atoms with Gasteiger partial charge in [0, 0.05) is 21.7 Å². The fourth-order valence-electron chi connectivity index (χ4n) is 3.84. The molecule has 1 N–H and O–H groups in total. The Morgan fingerprint density at radius 1 is 1.00 bits per heavy atom. The number of nitrogens with zero attached hydrogens (tertiary/aromatic N) is 1. The molecule has 0 aliphatic rings. The smallest absolute Gasteiger partial charge is 0.416 e. The van der Waals surface area contributed by atoms with Gasteiger partial charge in [-0.05, 0) is 55.0 Å². The molecule has 8 heteroatoms. The van der Waals surface area contributed by atoms with Gasteiger partial charge in [-0.3, -0.25) is 0 Å². The fourth-order valence-corrected chi connectivity index (χ4v) is 4.49. The summed E-state index contributed by atoms with van der Waals surface area (Å²) in [5.74, 6) is 0.322. The first-order valence-electron chi connectivity index (χ1n) is 9.62. The minimum absolute atomic E-state index is 0.130. The Kier molecular flexibility index (Phi) is 5.88. The first-order chi connectivity index (χ1) is 15.1.